The van der Waals surface area contributed by atoms with Crippen molar-refractivity contribution in [3.63, 3.8) is 0 Å². The Morgan fingerprint density at radius 1 is 1.30 bits per heavy atom. The highest BCUT2D eigenvalue weighted by molar-refractivity contribution is 6.02. The first-order chi connectivity index (χ1) is 15.6. The lowest BCUT2D eigenvalue weighted by Gasteiger charge is -2.44. The molecule has 1 amide bonds. The number of rotatable bonds is 6. The fraction of sp³-hybridized carbons (Fsp3) is 0.333. The molecule has 174 valence electrons. The van der Waals surface area contributed by atoms with E-state index in [0.717, 1.165) is 5.56 Å². The molecular formula is C21H21F3N6O3. The number of quaternary nitrogens is 1. The number of ether oxygens (including phenoxy) is 1. The quantitative estimate of drug-likeness (QED) is 0.425. The molecule has 0 saturated heterocycles. The number of alkyl halides is 3. The van der Waals surface area contributed by atoms with Crippen molar-refractivity contribution in [1.29, 1.82) is 0 Å². The summed E-state index contributed by atoms with van der Waals surface area (Å²) in [6, 6.07) is 4.30. The Kier molecular flexibility index (Phi) is 5.80. The van der Waals surface area contributed by atoms with Crippen molar-refractivity contribution in [1.82, 2.24) is 20.2 Å². The van der Waals surface area contributed by atoms with E-state index in [1.54, 1.807) is 26.0 Å². The number of nitrogens with zero attached hydrogens (tertiary/aromatic N) is 4. The van der Waals surface area contributed by atoms with Gasteiger partial charge in [-0.15, -0.1) is 0 Å². The number of halogens is 3. The van der Waals surface area contributed by atoms with Gasteiger partial charge in [0.15, 0.2) is 6.61 Å². The van der Waals surface area contributed by atoms with Crippen molar-refractivity contribution in [2.24, 2.45) is 0 Å². The van der Waals surface area contributed by atoms with Crippen LogP contribution in [0.2, 0.25) is 0 Å². The summed E-state index contributed by atoms with van der Waals surface area (Å²) in [6.45, 7) is 2.09. The number of carbonyl (C=O) groups is 1. The Bertz CT molecular complexity index is 1170. The summed E-state index contributed by atoms with van der Waals surface area (Å²) >= 11 is 0. The third-order valence-electron chi connectivity index (χ3n) is 5.61. The van der Waals surface area contributed by atoms with Gasteiger partial charge in [0.2, 0.25) is 5.88 Å². The summed E-state index contributed by atoms with van der Waals surface area (Å²) in [5.41, 5.74) is 2.65. The Morgan fingerprint density at radius 2 is 2.09 bits per heavy atom. The zero-order valence-corrected chi connectivity index (χ0v) is 17.8. The highest BCUT2D eigenvalue weighted by Gasteiger charge is 2.37. The van der Waals surface area contributed by atoms with E-state index in [1.165, 1.54) is 24.7 Å². The average Bonchev–Trinajstić information content (AvgIpc) is 3.40. The lowest BCUT2D eigenvalue weighted by atomic mass is 10.1. The molecule has 0 radical (unpaired) electrons. The fourth-order valence-electron chi connectivity index (χ4n) is 3.79. The molecule has 0 aromatic carbocycles. The van der Waals surface area contributed by atoms with E-state index in [0.29, 0.717) is 22.5 Å². The minimum Gasteiger partial charge on any atom is -0.632 e. The van der Waals surface area contributed by atoms with Crippen molar-refractivity contribution in [3.05, 3.63) is 69.9 Å². The van der Waals surface area contributed by atoms with Crippen LogP contribution in [0.15, 0.2) is 36.8 Å². The molecule has 3 aromatic rings. The van der Waals surface area contributed by atoms with Gasteiger partial charge in [-0.2, -0.15) is 18.3 Å². The normalized spacial score (nSPS) is 18.6. The number of aryl methyl sites for hydroxylation is 1. The summed E-state index contributed by atoms with van der Waals surface area (Å²) < 4.78 is 41.4. The van der Waals surface area contributed by atoms with Crippen LogP contribution in [0.4, 0.5) is 19.0 Å². The van der Waals surface area contributed by atoms with Crippen LogP contribution >= 0.6 is 0 Å². The summed E-state index contributed by atoms with van der Waals surface area (Å²) in [6.07, 6.45) is -0.123. The SMILES string of the molecule is Cc1cc(C(C)[N+]2([O-])Cc3ccnc(NC(=O)c4ccn[nH]4)c3C2)cnc1OCC(F)(F)F. The molecule has 33 heavy (non-hydrogen) atoms. The van der Waals surface area contributed by atoms with Crippen molar-refractivity contribution in [3.8, 4) is 5.88 Å². The van der Waals surface area contributed by atoms with Crippen LogP contribution in [0.25, 0.3) is 0 Å². The number of hydrogen-bond acceptors (Lipinski definition) is 6. The van der Waals surface area contributed by atoms with Gasteiger partial charge in [0.1, 0.15) is 30.6 Å². The molecular weight excluding hydrogens is 441 g/mol. The number of fused-ring (bicyclic) bond motifs is 1. The lowest BCUT2D eigenvalue weighted by molar-refractivity contribution is -0.928. The molecule has 9 nitrogen and oxygen atoms in total. The number of hydrogen-bond donors (Lipinski definition) is 2. The van der Waals surface area contributed by atoms with Gasteiger partial charge in [-0.3, -0.25) is 9.89 Å². The van der Waals surface area contributed by atoms with Gasteiger partial charge in [0.25, 0.3) is 5.91 Å². The van der Waals surface area contributed by atoms with Crippen LogP contribution < -0.4 is 10.1 Å². The molecule has 1 aliphatic heterocycles. The molecule has 3 aromatic heterocycles. The van der Waals surface area contributed by atoms with Crippen LogP contribution in [0, 0.1) is 12.1 Å². The predicted molar refractivity (Wildman–Crippen MR) is 111 cm³/mol. The van der Waals surface area contributed by atoms with Gasteiger partial charge in [0, 0.05) is 35.3 Å². The summed E-state index contributed by atoms with van der Waals surface area (Å²) in [5, 5.41) is 22.8. The first-order valence-corrected chi connectivity index (χ1v) is 10.1. The Hall–Kier alpha value is -3.51. The maximum Gasteiger partial charge on any atom is 0.422 e. The van der Waals surface area contributed by atoms with Gasteiger partial charge >= 0.3 is 6.18 Å². The Labute approximate surface area is 186 Å². The zero-order chi connectivity index (χ0) is 23.8. The second-order valence-corrected chi connectivity index (χ2v) is 7.96. The first kappa shape index (κ1) is 22.7. The highest BCUT2D eigenvalue weighted by atomic mass is 19.4. The number of aromatic amines is 1. The molecule has 2 N–H and O–H groups in total. The Morgan fingerprint density at radius 3 is 2.76 bits per heavy atom. The lowest BCUT2D eigenvalue weighted by Crippen LogP contribution is -2.38. The molecule has 0 spiro atoms. The van der Waals surface area contributed by atoms with Crippen molar-refractivity contribution < 1.29 is 27.3 Å². The molecule has 0 saturated carbocycles. The summed E-state index contributed by atoms with van der Waals surface area (Å²) in [4.78, 5) is 20.6. The third kappa shape index (κ3) is 4.81. The van der Waals surface area contributed by atoms with E-state index in [1.807, 2.05) is 0 Å². The van der Waals surface area contributed by atoms with E-state index in [2.05, 4.69) is 25.5 Å². The molecule has 0 aliphatic carbocycles. The number of anilines is 1. The largest absolute Gasteiger partial charge is 0.632 e. The van der Waals surface area contributed by atoms with E-state index in [-0.39, 0.29) is 24.7 Å². The Balaban J connectivity index is 1.52. The van der Waals surface area contributed by atoms with Crippen LogP contribution in [0.5, 0.6) is 5.88 Å². The smallest absolute Gasteiger partial charge is 0.422 e. The molecule has 2 unspecified atom stereocenters. The van der Waals surface area contributed by atoms with Crippen LogP contribution in [0.3, 0.4) is 0 Å². The van der Waals surface area contributed by atoms with Crippen LogP contribution in [-0.4, -0.2) is 43.5 Å². The third-order valence-corrected chi connectivity index (χ3v) is 5.61. The van der Waals surface area contributed by atoms with E-state index in [9.17, 15) is 23.2 Å². The second-order valence-electron chi connectivity index (χ2n) is 7.96. The monoisotopic (exact) mass is 462 g/mol. The van der Waals surface area contributed by atoms with E-state index in [4.69, 9.17) is 4.74 Å². The molecule has 4 heterocycles. The van der Waals surface area contributed by atoms with Gasteiger partial charge in [-0.25, -0.2) is 9.97 Å². The number of H-pyrrole nitrogens is 1. The summed E-state index contributed by atoms with van der Waals surface area (Å²) in [5.74, 6) is -0.245. The van der Waals surface area contributed by atoms with Gasteiger partial charge in [-0.1, -0.05) is 0 Å². The predicted octanol–water partition coefficient (Wildman–Crippen LogP) is 3.79. The minimum absolute atomic E-state index is 0.0638. The molecule has 1 aliphatic rings. The molecule has 2 atom stereocenters. The standard InChI is InChI=1S/C21H21F3N6O3/c1-12-7-15(8-26-20(12)33-11-21(22,23)24)13(2)30(32)9-14-3-5-25-18(16(14)10-30)28-19(31)17-4-6-27-29-17/h3-8,13H,9-11H2,1-2H3,(H,27,29)(H,25,28,31). The maximum absolute atomic E-state index is 13.8. The van der Waals surface area contributed by atoms with Gasteiger partial charge in [-0.05, 0) is 32.0 Å². The number of hydroxylamine groups is 3. The topological polar surface area (TPSA) is 116 Å². The number of nitrogens with one attached hydrogen (secondary N) is 2. The van der Waals surface area contributed by atoms with E-state index < -0.39 is 29.4 Å². The zero-order valence-electron chi connectivity index (χ0n) is 17.8. The van der Waals surface area contributed by atoms with E-state index >= 15 is 0 Å². The molecule has 4 rings (SSSR count). The number of pyridine rings is 2. The number of aromatic nitrogens is 4. The average molecular weight is 462 g/mol. The van der Waals surface area contributed by atoms with Gasteiger partial charge < -0.3 is 19.9 Å². The summed E-state index contributed by atoms with van der Waals surface area (Å²) in [7, 11) is 0. The van der Waals surface area contributed by atoms with Crippen molar-refractivity contribution in [2.75, 3.05) is 11.9 Å². The minimum atomic E-state index is -4.47. The molecule has 0 bridgehead atoms. The van der Waals surface area contributed by atoms with Crippen molar-refractivity contribution in [2.45, 2.75) is 39.2 Å². The fourth-order valence-corrected chi connectivity index (χ4v) is 3.79. The number of amides is 1. The van der Waals surface area contributed by atoms with Gasteiger partial charge in [0.05, 0.1) is 5.56 Å². The van der Waals surface area contributed by atoms with Crippen molar-refractivity contribution >= 4 is 11.7 Å². The molecule has 0 fully saturated rings. The highest BCUT2D eigenvalue weighted by Crippen LogP contribution is 2.41. The number of carbonyl (C=O) groups excluding carboxylic acids is 1. The van der Waals surface area contributed by atoms with Crippen LogP contribution in [-0.2, 0) is 13.1 Å². The maximum atomic E-state index is 13.8. The van der Waals surface area contributed by atoms with Crippen LogP contribution in [0.1, 0.15) is 45.7 Å². The first-order valence-electron chi connectivity index (χ1n) is 10.1. The second kappa shape index (κ2) is 8.45. The molecule has 12 heteroatoms.